The van der Waals surface area contributed by atoms with Gasteiger partial charge >= 0.3 is 0 Å². The van der Waals surface area contributed by atoms with Gasteiger partial charge in [-0.05, 0) is 77.0 Å². The van der Waals surface area contributed by atoms with Crippen LogP contribution in [0.4, 0.5) is 0 Å². The zero-order valence-electron chi connectivity index (χ0n) is 29.8. The van der Waals surface area contributed by atoms with Gasteiger partial charge in [0.1, 0.15) is 0 Å². The van der Waals surface area contributed by atoms with Crippen molar-refractivity contribution in [3.63, 3.8) is 0 Å². The Morgan fingerprint density at radius 2 is 0.462 bits per heavy atom. The molecule has 0 aliphatic heterocycles. The van der Waals surface area contributed by atoms with Crippen molar-refractivity contribution < 1.29 is 0 Å². The van der Waals surface area contributed by atoms with Gasteiger partial charge in [0.25, 0.3) is 0 Å². The minimum atomic E-state index is -0.191. The second kappa shape index (κ2) is 9.77. The molecule has 2 aromatic rings. The Kier molecular flexibility index (Phi) is 8.43. The van der Waals surface area contributed by atoms with Gasteiger partial charge in [0.05, 0.1) is 0 Å². The van der Waals surface area contributed by atoms with E-state index < -0.39 is 0 Å². The molecule has 0 heteroatoms. The van der Waals surface area contributed by atoms with E-state index in [0.717, 1.165) is 0 Å². The molecule has 39 heavy (non-hydrogen) atoms. The molecule has 0 unspecified atom stereocenters. The Hall–Kier alpha value is -1.56. The Balaban J connectivity index is 3.33. The molecule has 0 radical (unpaired) electrons. The zero-order valence-corrected chi connectivity index (χ0v) is 29.8. The monoisotopic (exact) mass is 533 g/mol. The van der Waals surface area contributed by atoms with E-state index in [1.54, 1.807) is 0 Å². The second-order valence-corrected chi connectivity index (χ2v) is 19.0. The van der Waals surface area contributed by atoms with Gasteiger partial charge in [-0.15, -0.1) is 0 Å². The fraction of sp³-hybridized carbons (Fsp3) is 0.692. The highest BCUT2D eigenvalue weighted by Gasteiger charge is 2.42. The number of hydrogen-bond acceptors (Lipinski definition) is 0. The second-order valence-electron chi connectivity index (χ2n) is 19.0. The third-order valence-electron chi connectivity index (χ3n) is 8.49. The summed E-state index contributed by atoms with van der Waals surface area (Å²) in [7, 11) is 0. The molecule has 2 rings (SSSR count). The van der Waals surface area contributed by atoms with Crippen LogP contribution in [0.1, 0.15) is 183 Å². The summed E-state index contributed by atoms with van der Waals surface area (Å²) in [5.74, 6) is 0. The van der Waals surface area contributed by atoms with Crippen LogP contribution in [0.2, 0.25) is 0 Å². The van der Waals surface area contributed by atoms with Gasteiger partial charge in [-0.2, -0.15) is 0 Å². The third-order valence-corrected chi connectivity index (χ3v) is 8.49. The normalized spacial score (nSPS) is 14.7. The summed E-state index contributed by atoms with van der Waals surface area (Å²) in [4.78, 5) is 0. The topological polar surface area (TPSA) is 0 Å². The fourth-order valence-electron chi connectivity index (χ4n) is 5.99. The Labute approximate surface area is 244 Å². The van der Waals surface area contributed by atoms with Gasteiger partial charge in [0.2, 0.25) is 0 Å². The number of rotatable bonds is 2. The maximum Gasteiger partial charge on any atom is 0.0158 e. The first kappa shape index (κ1) is 33.6. The highest BCUT2D eigenvalue weighted by Crippen LogP contribution is 2.51. The van der Waals surface area contributed by atoms with Crippen LogP contribution >= 0.6 is 0 Å². The Bertz CT molecular complexity index is 1020. The number of benzene rings is 2. The van der Waals surface area contributed by atoms with Crippen LogP contribution in [0.5, 0.6) is 0 Å². The lowest BCUT2D eigenvalue weighted by Crippen LogP contribution is -2.36. The summed E-state index contributed by atoms with van der Waals surface area (Å²) in [6.07, 6.45) is 0. The van der Waals surface area contributed by atoms with Crippen LogP contribution in [0, 0.1) is 0 Å². The molecule has 2 aromatic carbocycles. The molecule has 0 aliphatic rings. The van der Waals surface area contributed by atoms with Crippen molar-refractivity contribution in [2.45, 2.75) is 176 Å². The highest BCUT2D eigenvalue weighted by atomic mass is 14.5. The van der Waals surface area contributed by atoms with Crippen molar-refractivity contribution in [1.29, 1.82) is 0 Å². The summed E-state index contributed by atoms with van der Waals surface area (Å²) >= 11 is 0. The third kappa shape index (κ3) is 7.02. The summed E-state index contributed by atoms with van der Waals surface area (Å²) in [5.41, 5.74) is 11.9. The molecule has 0 nitrogen and oxygen atoms in total. The van der Waals surface area contributed by atoms with Gasteiger partial charge in [0.15, 0.2) is 0 Å². The van der Waals surface area contributed by atoms with Crippen LogP contribution in [-0.2, 0) is 37.9 Å². The molecule has 0 heterocycles. The van der Waals surface area contributed by atoms with E-state index in [9.17, 15) is 0 Å². The first-order valence-electron chi connectivity index (χ1n) is 15.3. The summed E-state index contributed by atoms with van der Waals surface area (Å²) < 4.78 is 0. The van der Waals surface area contributed by atoms with Crippen molar-refractivity contribution in [3.05, 3.63) is 68.8 Å². The quantitative estimate of drug-likeness (QED) is 0.361. The largest absolute Gasteiger partial charge is 0.0561 e. The lowest BCUT2D eigenvalue weighted by atomic mass is 9.59. The summed E-state index contributed by atoms with van der Waals surface area (Å²) in [6.45, 7) is 48.0. The van der Waals surface area contributed by atoms with E-state index in [-0.39, 0.29) is 37.9 Å². The lowest BCUT2D eigenvalue weighted by Gasteiger charge is -2.44. The Morgan fingerprint density at radius 3 is 0.590 bits per heavy atom. The highest BCUT2D eigenvalue weighted by molar-refractivity contribution is 5.60. The van der Waals surface area contributed by atoms with Gasteiger partial charge < -0.3 is 0 Å². The van der Waals surface area contributed by atoms with Crippen LogP contribution in [0.3, 0.4) is 0 Å². The van der Waals surface area contributed by atoms with Crippen LogP contribution < -0.4 is 0 Å². The lowest BCUT2D eigenvalue weighted by molar-refractivity contribution is 0.478. The molecular formula is C39H64. The predicted octanol–water partition coefficient (Wildman–Crippen LogP) is 11.8. The van der Waals surface area contributed by atoms with Gasteiger partial charge in [0, 0.05) is 5.41 Å². The average molecular weight is 533 g/mol. The molecule has 220 valence electrons. The summed E-state index contributed by atoms with van der Waals surface area (Å²) in [6, 6.07) is 10.2. The Morgan fingerprint density at radius 1 is 0.282 bits per heavy atom. The SMILES string of the molecule is CC(C)(C)c1cc(C(C)(C)C)c(C(C)(C)c2c(C(C)(C)C)cc(C(C)(C)C)cc2C(C)(C)C)c(C(C)(C)C)c1. The molecule has 0 amide bonds. The van der Waals surface area contributed by atoms with E-state index in [1.807, 2.05) is 0 Å². The first-order chi connectivity index (χ1) is 16.9. The molecule has 0 fully saturated rings. The molecular weight excluding hydrogens is 468 g/mol. The van der Waals surface area contributed by atoms with E-state index in [2.05, 4.69) is 163 Å². The molecule has 0 saturated carbocycles. The van der Waals surface area contributed by atoms with Crippen LogP contribution in [-0.4, -0.2) is 0 Å². The molecule has 0 atom stereocenters. The molecule has 0 spiro atoms. The molecule has 0 bridgehead atoms. The van der Waals surface area contributed by atoms with Crippen molar-refractivity contribution in [2.75, 3.05) is 0 Å². The molecule has 0 aromatic heterocycles. The maximum absolute atomic E-state index is 2.55. The van der Waals surface area contributed by atoms with E-state index in [4.69, 9.17) is 0 Å². The minimum absolute atomic E-state index is 0.0169. The van der Waals surface area contributed by atoms with Crippen LogP contribution in [0.15, 0.2) is 24.3 Å². The van der Waals surface area contributed by atoms with E-state index in [1.165, 1.54) is 44.5 Å². The molecule has 0 saturated heterocycles. The van der Waals surface area contributed by atoms with Crippen molar-refractivity contribution in [2.24, 2.45) is 0 Å². The maximum atomic E-state index is 2.55. The van der Waals surface area contributed by atoms with Crippen molar-refractivity contribution in [1.82, 2.24) is 0 Å². The smallest absolute Gasteiger partial charge is 0.0158 e. The predicted molar refractivity (Wildman–Crippen MR) is 177 cm³/mol. The van der Waals surface area contributed by atoms with Crippen molar-refractivity contribution >= 4 is 0 Å². The van der Waals surface area contributed by atoms with E-state index in [0.29, 0.717) is 0 Å². The van der Waals surface area contributed by atoms with Gasteiger partial charge in [-0.3, -0.25) is 0 Å². The van der Waals surface area contributed by atoms with Gasteiger partial charge in [-0.1, -0.05) is 163 Å². The average Bonchev–Trinajstić information content (AvgIpc) is 2.67. The standard InChI is InChI=1S/C39H64/c1-33(2,3)25-21-27(35(7,8)9)31(28(22-25)36(10,11)12)39(19,20)32-29(37(13,14)15)23-26(34(4,5)6)24-30(32)38(16,17)18/h21-24H,1-20H3. The first-order valence-corrected chi connectivity index (χ1v) is 15.3. The molecule has 0 N–H and O–H groups in total. The minimum Gasteiger partial charge on any atom is -0.0561 e. The van der Waals surface area contributed by atoms with Gasteiger partial charge in [-0.25, -0.2) is 0 Å². The van der Waals surface area contributed by atoms with E-state index >= 15 is 0 Å². The van der Waals surface area contributed by atoms with Crippen LogP contribution in [0.25, 0.3) is 0 Å². The number of hydrogen-bond donors (Lipinski definition) is 0. The van der Waals surface area contributed by atoms with Crippen molar-refractivity contribution in [3.8, 4) is 0 Å². The molecule has 0 aliphatic carbocycles. The zero-order chi connectivity index (χ0) is 30.9. The summed E-state index contributed by atoms with van der Waals surface area (Å²) in [5, 5.41) is 0. The fourth-order valence-corrected chi connectivity index (χ4v) is 5.99.